The van der Waals surface area contributed by atoms with Gasteiger partial charge in [-0.05, 0) is 43.2 Å². The highest BCUT2D eigenvalue weighted by Gasteiger charge is 2.52. The summed E-state index contributed by atoms with van der Waals surface area (Å²) in [4.78, 5) is 26.9. The number of methoxy groups -OCH3 is 1. The van der Waals surface area contributed by atoms with Crippen LogP contribution in [0.2, 0.25) is 0 Å². The van der Waals surface area contributed by atoms with E-state index in [0.29, 0.717) is 17.5 Å². The fourth-order valence-electron chi connectivity index (χ4n) is 3.67. The van der Waals surface area contributed by atoms with E-state index in [-0.39, 0.29) is 23.8 Å². The third-order valence-electron chi connectivity index (χ3n) is 4.53. The van der Waals surface area contributed by atoms with Gasteiger partial charge in [-0.2, -0.15) is 0 Å². The molecule has 19 heavy (non-hydrogen) atoms. The van der Waals surface area contributed by atoms with Crippen molar-refractivity contribution in [3.05, 3.63) is 24.0 Å². The fourth-order valence-corrected chi connectivity index (χ4v) is 3.67. The fraction of sp³-hybridized carbons (Fsp3) is 0.571. The molecule has 1 heterocycles. The number of esters is 1. The van der Waals surface area contributed by atoms with E-state index in [0.717, 1.165) is 19.3 Å². The Morgan fingerprint density at radius 1 is 1.37 bits per heavy atom. The highest BCUT2D eigenvalue weighted by molar-refractivity contribution is 5.93. The highest BCUT2D eigenvalue weighted by atomic mass is 16.5. The van der Waals surface area contributed by atoms with Crippen molar-refractivity contribution in [3.63, 3.8) is 0 Å². The van der Waals surface area contributed by atoms with Crippen LogP contribution in [0.5, 0.6) is 0 Å². The largest absolute Gasteiger partial charge is 0.469 e. The molecule has 1 aromatic rings. The Morgan fingerprint density at radius 3 is 2.84 bits per heavy atom. The number of H-pyrrole nitrogens is 1. The number of hydrogen-bond donors (Lipinski definition) is 2. The molecule has 0 spiro atoms. The van der Waals surface area contributed by atoms with Crippen LogP contribution in [0.15, 0.2) is 18.3 Å². The van der Waals surface area contributed by atoms with Crippen molar-refractivity contribution in [2.45, 2.75) is 25.3 Å². The second-order valence-corrected chi connectivity index (χ2v) is 5.47. The summed E-state index contributed by atoms with van der Waals surface area (Å²) in [5, 5.41) is 3.01. The van der Waals surface area contributed by atoms with Crippen molar-refractivity contribution in [1.29, 1.82) is 0 Å². The van der Waals surface area contributed by atoms with Crippen LogP contribution >= 0.6 is 0 Å². The van der Waals surface area contributed by atoms with Crippen molar-refractivity contribution in [2.24, 2.45) is 17.8 Å². The third kappa shape index (κ3) is 2.03. The molecular weight excluding hydrogens is 244 g/mol. The van der Waals surface area contributed by atoms with Gasteiger partial charge in [-0.15, -0.1) is 0 Å². The maximum atomic E-state index is 12.1. The molecular formula is C14H18N2O3. The first-order valence-corrected chi connectivity index (χ1v) is 6.72. The number of aromatic nitrogens is 1. The lowest BCUT2D eigenvalue weighted by Crippen LogP contribution is -2.47. The molecule has 2 saturated carbocycles. The van der Waals surface area contributed by atoms with Gasteiger partial charge in [-0.3, -0.25) is 9.59 Å². The minimum atomic E-state index is -0.191. The second-order valence-electron chi connectivity index (χ2n) is 5.47. The molecule has 2 N–H and O–H groups in total. The first kappa shape index (κ1) is 12.3. The minimum Gasteiger partial charge on any atom is -0.469 e. The second kappa shape index (κ2) is 4.72. The summed E-state index contributed by atoms with van der Waals surface area (Å²) in [7, 11) is 1.41. The van der Waals surface area contributed by atoms with Gasteiger partial charge in [-0.25, -0.2) is 0 Å². The molecule has 0 saturated heterocycles. The van der Waals surface area contributed by atoms with Gasteiger partial charge < -0.3 is 15.0 Å². The molecule has 2 aliphatic rings. The van der Waals surface area contributed by atoms with E-state index in [4.69, 9.17) is 4.74 Å². The molecule has 2 bridgehead atoms. The maximum Gasteiger partial charge on any atom is 0.311 e. The molecule has 5 nitrogen and oxygen atoms in total. The Morgan fingerprint density at radius 2 is 2.16 bits per heavy atom. The summed E-state index contributed by atoms with van der Waals surface area (Å²) in [6, 6.07) is 3.44. The van der Waals surface area contributed by atoms with Crippen molar-refractivity contribution >= 4 is 11.9 Å². The van der Waals surface area contributed by atoms with Gasteiger partial charge in [-0.1, -0.05) is 0 Å². The first-order chi connectivity index (χ1) is 9.20. The Labute approximate surface area is 111 Å². The summed E-state index contributed by atoms with van der Waals surface area (Å²) in [5.74, 6) is 0.266. The molecule has 1 amide bonds. The lowest BCUT2D eigenvalue weighted by molar-refractivity contribution is -0.148. The van der Waals surface area contributed by atoms with Crippen LogP contribution in [0.25, 0.3) is 0 Å². The van der Waals surface area contributed by atoms with Crippen molar-refractivity contribution in [1.82, 2.24) is 10.3 Å². The molecule has 0 aromatic carbocycles. The van der Waals surface area contributed by atoms with E-state index in [1.807, 2.05) is 0 Å². The first-order valence-electron chi connectivity index (χ1n) is 6.72. The molecule has 1 aromatic heterocycles. The number of hydrogen-bond acceptors (Lipinski definition) is 3. The number of ether oxygens (including phenoxy) is 1. The van der Waals surface area contributed by atoms with Crippen LogP contribution in [0.4, 0.5) is 0 Å². The minimum absolute atomic E-state index is 0.0815. The zero-order chi connectivity index (χ0) is 13.4. The molecule has 4 atom stereocenters. The Kier molecular flexibility index (Phi) is 3.05. The van der Waals surface area contributed by atoms with Gasteiger partial charge in [0.2, 0.25) is 0 Å². The lowest BCUT2D eigenvalue weighted by atomic mass is 9.84. The van der Waals surface area contributed by atoms with E-state index in [9.17, 15) is 9.59 Å². The predicted molar refractivity (Wildman–Crippen MR) is 68.4 cm³/mol. The molecule has 2 aliphatic carbocycles. The third-order valence-corrected chi connectivity index (χ3v) is 4.53. The molecule has 0 aliphatic heterocycles. The van der Waals surface area contributed by atoms with E-state index in [2.05, 4.69) is 10.3 Å². The standard InChI is InChI=1S/C14H18N2O3/c1-19-14(18)11-8-4-5-9(7-8)12(11)16-13(17)10-3-2-6-15-10/h2-3,6,8-9,11-12,15H,4-5,7H2,1H3,(H,16,17)/t8-,9-,11-,12+/m0/s1. The summed E-state index contributed by atoms with van der Waals surface area (Å²) < 4.78 is 4.89. The topological polar surface area (TPSA) is 71.2 Å². The molecule has 3 rings (SSSR count). The number of fused-ring (bicyclic) bond motifs is 2. The summed E-state index contributed by atoms with van der Waals surface area (Å²) in [6.45, 7) is 0. The molecule has 5 heteroatoms. The summed E-state index contributed by atoms with van der Waals surface area (Å²) in [5.41, 5.74) is 0.534. The predicted octanol–water partition coefficient (Wildman–Crippen LogP) is 1.33. The highest BCUT2D eigenvalue weighted by Crippen LogP contribution is 2.48. The molecule has 102 valence electrons. The average molecular weight is 262 g/mol. The number of carbonyl (C=O) groups is 2. The molecule has 0 unspecified atom stereocenters. The van der Waals surface area contributed by atoms with E-state index >= 15 is 0 Å². The Hall–Kier alpha value is -1.78. The zero-order valence-corrected chi connectivity index (χ0v) is 10.9. The summed E-state index contributed by atoms with van der Waals surface area (Å²) >= 11 is 0. The van der Waals surface area contributed by atoms with Crippen molar-refractivity contribution in [3.8, 4) is 0 Å². The Bertz CT molecular complexity index is 483. The monoisotopic (exact) mass is 262 g/mol. The SMILES string of the molecule is COC(=O)[C@H]1[C@H]2CC[C@@H](C2)[C@H]1NC(=O)c1ccc[nH]1. The van der Waals surface area contributed by atoms with Crippen LogP contribution in [0, 0.1) is 17.8 Å². The van der Waals surface area contributed by atoms with Gasteiger partial charge in [0.25, 0.3) is 5.91 Å². The lowest BCUT2D eigenvalue weighted by Gasteiger charge is -2.29. The van der Waals surface area contributed by atoms with E-state index < -0.39 is 0 Å². The zero-order valence-electron chi connectivity index (χ0n) is 10.9. The van der Waals surface area contributed by atoms with Crippen LogP contribution in [-0.4, -0.2) is 30.0 Å². The van der Waals surface area contributed by atoms with Crippen LogP contribution in [-0.2, 0) is 9.53 Å². The smallest absolute Gasteiger partial charge is 0.311 e. The van der Waals surface area contributed by atoms with Crippen molar-refractivity contribution in [2.75, 3.05) is 7.11 Å². The molecule has 0 radical (unpaired) electrons. The number of aromatic amines is 1. The van der Waals surface area contributed by atoms with Crippen molar-refractivity contribution < 1.29 is 14.3 Å². The summed E-state index contributed by atoms with van der Waals surface area (Å²) in [6.07, 6.45) is 4.90. The number of carbonyl (C=O) groups excluding carboxylic acids is 2. The normalized spacial score (nSPS) is 32.3. The van der Waals surface area contributed by atoms with Gasteiger partial charge in [0, 0.05) is 12.2 Å². The van der Waals surface area contributed by atoms with E-state index in [1.165, 1.54) is 7.11 Å². The Balaban J connectivity index is 1.75. The quantitative estimate of drug-likeness (QED) is 0.807. The van der Waals surface area contributed by atoms with Crippen LogP contribution in [0.1, 0.15) is 29.8 Å². The average Bonchev–Trinajstić information content (AvgIpc) is 3.13. The number of amides is 1. The maximum absolute atomic E-state index is 12.1. The number of rotatable bonds is 3. The van der Waals surface area contributed by atoms with Gasteiger partial charge in [0.1, 0.15) is 5.69 Å². The van der Waals surface area contributed by atoms with Crippen LogP contribution < -0.4 is 5.32 Å². The molecule has 2 fully saturated rings. The van der Waals surface area contributed by atoms with Gasteiger partial charge in [0.05, 0.1) is 13.0 Å². The van der Waals surface area contributed by atoms with Gasteiger partial charge in [0.15, 0.2) is 0 Å². The number of nitrogens with one attached hydrogen (secondary N) is 2. The van der Waals surface area contributed by atoms with Gasteiger partial charge >= 0.3 is 5.97 Å². The van der Waals surface area contributed by atoms with E-state index in [1.54, 1.807) is 18.3 Å². The van der Waals surface area contributed by atoms with Crippen LogP contribution in [0.3, 0.4) is 0 Å².